The molecule has 6 heteroatoms. The summed E-state index contributed by atoms with van der Waals surface area (Å²) in [4.78, 5) is 4.96. The lowest BCUT2D eigenvalue weighted by Gasteiger charge is -2.41. The molecule has 4 aromatic rings. The average Bonchev–Trinajstić information content (AvgIpc) is 3.00. The molecular weight excluding hydrogens is 524 g/mol. The number of fused-ring (bicyclic) bond motifs is 4. The number of likely N-dealkylation sites (N-methyl/N-ethyl adjacent to an activating group) is 1. The van der Waals surface area contributed by atoms with Crippen LogP contribution in [0.3, 0.4) is 0 Å². The summed E-state index contributed by atoms with van der Waals surface area (Å²) in [5, 5.41) is 40.3. The van der Waals surface area contributed by atoms with E-state index in [9.17, 15) is 20.4 Å². The SMILES string of the molecule is CCCN1CCc2cccc3c2[C@@H]1Cc1ccc(O)c(O)c1-3.CN1CCc2cccc3c2[C@H]1Cc1ccc(O)c(O)c1-3. The zero-order valence-corrected chi connectivity index (χ0v) is 24.3. The van der Waals surface area contributed by atoms with Gasteiger partial charge in [0.2, 0.25) is 0 Å². The first-order valence-corrected chi connectivity index (χ1v) is 15.1. The molecule has 2 heterocycles. The fourth-order valence-electron chi connectivity index (χ4n) is 7.81. The summed E-state index contributed by atoms with van der Waals surface area (Å²) in [5.41, 5.74) is 11.5. The lowest BCUT2D eigenvalue weighted by molar-refractivity contribution is 0.183. The Labute approximate surface area is 247 Å². The Morgan fingerprint density at radius 1 is 0.643 bits per heavy atom. The second kappa shape index (κ2) is 10.4. The molecule has 0 saturated carbocycles. The van der Waals surface area contributed by atoms with E-state index in [0.717, 1.165) is 85.1 Å². The van der Waals surface area contributed by atoms with Crippen LogP contribution in [0, 0.1) is 0 Å². The molecule has 4 N–H and O–H groups in total. The number of phenols is 4. The van der Waals surface area contributed by atoms with Crippen molar-refractivity contribution in [2.45, 2.75) is 51.1 Å². The Morgan fingerprint density at radius 2 is 1.17 bits per heavy atom. The number of hydrogen-bond acceptors (Lipinski definition) is 6. The largest absolute Gasteiger partial charge is 0.504 e. The van der Waals surface area contributed by atoms with Gasteiger partial charge in [-0.05, 0) is 102 Å². The van der Waals surface area contributed by atoms with E-state index in [2.05, 4.69) is 60.2 Å². The summed E-state index contributed by atoms with van der Waals surface area (Å²) in [6, 6.07) is 20.5. The molecule has 4 aliphatic rings. The van der Waals surface area contributed by atoms with Gasteiger partial charge >= 0.3 is 0 Å². The van der Waals surface area contributed by atoms with Crippen LogP contribution in [-0.4, -0.2) is 56.9 Å². The summed E-state index contributed by atoms with van der Waals surface area (Å²) in [5.74, 6) is -0.0282. The molecule has 0 aromatic heterocycles. The third kappa shape index (κ3) is 4.16. The van der Waals surface area contributed by atoms with Crippen LogP contribution in [0.15, 0.2) is 60.7 Å². The highest BCUT2D eigenvalue weighted by molar-refractivity contribution is 5.83. The van der Waals surface area contributed by atoms with Gasteiger partial charge in [-0.2, -0.15) is 0 Å². The average molecular weight is 563 g/mol. The number of benzene rings is 4. The number of phenolic OH excluding ortho intramolecular Hbond substituents is 4. The molecule has 6 nitrogen and oxygen atoms in total. The van der Waals surface area contributed by atoms with Crippen LogP contribution >= 0.6 is 0 Å². The molecule has 0 unspecified atom stereocenters. The van der Waals surface area contributed by atoms with E-state index in [1.54, 1.807) is 12.1 Å². The number of rotatable bonds is 2. The minimum Gasteiger partial charge on any atom is -0.504 e. The molecule has 2 aliphatic carbocycles. The topological polar surface area (TPSA) is 87.4 Å². The van der Waals surface area contributed by atoms with Gasteiger partial charge in [0, 0.05) is 36.3 Å². The van der Waals surface area contributed by atoms with Gasteiger partial charge in [0.15, 0.2) is 23.0 Å². The third-order valence-electron chi connectivity index (χ3n) is 9.80. The lowest BCUT2D eigenvalue weighted by atomic mass is 9.76. The molecular formula is C36H38N2O4. The maximum absolute atomic E-state index is 10.4. The summed E-state index contributed by atoms with van der Waals surface area (Å²) in [7, 11) is 2.16. The highest BCUT2D eigenvalue weighted by Crippen LogP contribution is 2.51. The van der Waals surface area contributed by atoms with E-state index in [1.807, 2.05) is 12.1 Å². The molecule has 8 rings (SSSR count). The van der Waals surface area contributed by atoms with Crippen molar-refractivity contribution >= 4 is 0 Å². The monoisotopic (exact) mass is 562 g/mol. The molecule has 2 atom stereocenters. The molecule has 0 radical (unpaired) electrons. The summed E-state index contributed by atoms with van der Waals surface area (Å²) >= 11 is 0. The normalized spacial score (nSPS) is 20.0. The van der Waals surface area contributed by atoms with Crippen molar-refractivity contribution in [2.24, 2.45) is 0 Å². The highest BCUT2D eigenvalue weighted by Gasteiger charge is 2.36. The Bertz CT molecular complexity index is 1700. The second-order valence-electron chi connectivity index (χ2n) is 12.1. The van der Waals surface area contributed by atoms with Crippen LogP contribution < -0.4 is 0 Å². The van der Waals surface area contributed by atoms with Crippen LogP contribution in [-0.2, 0) is 25.7 Å². The van der Waals surface area contributed by atoms with Crippen molar-refractivity contribution in [2.75, 3.05) is 26.7 Å². The maximum atomic E-state index is 10.4. The highest BCUT2D eigenvalue weighted by atomic mass is 16.3. The number of nitrogens with zero attached hydrogens (tertiary/aromatic N) is 2. The Morgan fingerprint density at radius 3 is 1.74 bits per heavy atom. The van der Waals surface area contributed by atoms with Gasteiger partial charge in [-0.1, -0.05) is 55.5 Å². The minimum atomic E-state index is -0.0380. The summed E-state index contributed by atoms with van der Waals surface area (Å²) in [6.45, 7) is 5.51. The zero-order chi connectivity index (χ0) is 29.1. The van der Waals surface area contributed by atoms with Crippen LogP contribution in [0.25, 0.3) is 22.3 Å². The molecule has 2 aliphatic heterocycles. The first kappa shape index (κ1) is 26.9. The number of aromatic hydroxyl groups is 4. The molecule has 4 aromatic carbocycles. The fraction of sp³-hybridized carbons (Fsp3) is 0.333. The molecule has 216 valence electrons. The Balaban J connectivity index is 0.000000138. The van der Waals surface area contributed by atoms with Crippen molar-refractivity contribution in [3.8, 4) is 45.3 Å². The van der Waals surface area contributed by atoms with Gasteiger partial charge in [-0.25, -0.2) is 0 Å². The van der Waals surface area contributed by atoms with Crippen molar-refractivity contribution in [1.29, 1.82) is 0 Å². The van der Waals surface area contributed by atoms with Gasteiger partial charge in [-0.15, -0.1) is 0 Å². The van der Waals surface area contributed by atoms with Gasteiger partial charge in [-0.3, -0.25) is 9.80 Å². The van der Waals surface area contributed by atoms with Crippen molar-refractivity contribution in [3.63, 3.8) is 0 Å². The quantitative estimate of drug-likeness (QED) is 0.209. The molecule has 0 fully saturated rings. The van der Waals surface area contributed by atoms with Crippen LogP contribution in [0.2, 0.25) is 0 Å². The van der Waals surface area contributed by atoms with Crippen molar-refractivity contribution in [1.82, 2.24) is 9.80 Å². The number of hydrogen-bond donors (Lipinski definition) is 4. The second-order valence-corrected chi connectivity index (χ2v) is 12.1. The van der Waals surface area contributed by atoms with Crippen LogP contribution in [0.1, 0.15) is 58.8 Å². The van der Waals surface area contributed by atoms with E-state index < -0.39 is 0 Å². The first-order valence-electron chi connectivity index (χ1n) is 15.1. The van der Waals surface area contributed by atoms with Gasteiger partial charge in [0.1, 0.15) is 0 Å². The summed E-state index contributed by atoms with van der Waals surface area (Å²) in [6.07, 6.45) is 5.07. The molecule has 0 spiro atoms. The van der Waals surface area contributed by atoms with E-state index in [-0.39, 0.29) is 23.0 Å². The summed E-state index contributed by atoms with van der Waals surface area (Å²) < 4.78 is 0. The van der Waals surface area contributed by atoms with Crippen molar-refractivity contribution < 1.29 is 20.4 Å². The maximum Gasteiger partial charge on any atom is 0.165 e. The van der Waals surface area contributed by atoms with E-state index >= 15 is 0 Å². The van der Waals surface area contributed by atoms with E-state index in [4.69, 9.17) is 0 Å². The van der Waals surface area contributed by atoms with Crippen LogP contribution in [0.5, 0.6) is 23.0 Å². The molecule has 0 amide bonds. The smallest absolute Gasteiger partial charge is 0.165 e. The fourth-order valence-corrected chi connectivity index (χ4v) is 7.81. The standard InChI is InChI=1S/C19H21NO2.C17H17NO2/c1-2-9-20-10-8-12-4-3-5-14-17(12)15(20)11-13-6-7-16(21)19(22)18(13)14;1-18-8-7-10-3-2-4-12-15(10)13(18)9-11-5-6-14(19)17(20)16(11)12/h3-7,15,21-22H,2,8-11H2,1H3;2-6,13,19-20H,7-9H2,1H3/t15-;13-/m01/s1. The minimum absolute atomic E-state index is 0.0163. The third-order valence-corrected chi connectivity index (χ3v) is 9.80. The molecule has 0 saturated heterocycles. The Hall–Kier alpha value is -4.00. The van der Waals surface area contributed by atoms with Gasteiger partial charge < -0.3 is 20.4 Å². The van der Waals surface area contributed by atoms with Crippen molar-refractivity contribution in [3.05, 3.63) is 94.0 Å². The lowest BCUT2D eigenvalue weighted by Crippen LogP contribution is -2.38. The molecule has 0 bridgehead atoms. The van der Waals surface area contributed by atoms with Crippen LogP contribution in [0.4, 0.5) is 0 Å². The predicted octanol–water partition coefficient (Wildman–Crippen LogP) is 6.48. The Kier molecular flexibility index (Phi) is 6.63. The van der Waals surface area contributed by atoms with Gasteiger partial charge in [0.25, 0.3) is 0 Å². The predicted molar refractivity (Wildman–Crippen MR) is 165 cm³/mol. The van der Waals surface area contributed by atoms with E-state index in [1.165, 1.54) is 22.3 Å². The van der Waals surface area contributed by atoms with E-state index in [0.29, 0.717) is 12.1 Å². The zero-order valence-electron chi connectivity index (χ0n) is 24.3. The van der Waals surface area contributed by atoms with Gasteiger partial charge in [0.05, 0.1) is 0 Å². The first-order chi connectivity index (χ1) is 20.4. The molecule has 42 heavy (non-hydrogen) atoms.